The highest BCUT2D eigenvalue weighted by atomic mass is 32.2. The summed E-state index contributed by atoms with van der Waals surface area (Å²) >= 11 is 0. The SMILES string of the molecule is C=CC(=O)OCCN(C)C=CC=C(C#N)S(C)(=O)=O. The van der Waals surface area contributed by atoms with Crippen LogP contribution in [0.3, 0.4) is 0 Å². The average molecular weight is 284 g/mol. The summed E-state index contributed by atoms with van der Waals surface area (Å²) in [6, 6.07) is 1.60. The number of hydrogen-bond acceptors (Lipinski definition) is 6. The Bertz CT molecular complexity index is 526. The third-order valence-corrected chi connectivity index (χ3v) is 2.98. The van der Waals surface area contributed by atoms with Crippen molar-refractivity contribution in [3.8, 4) is 6.07 Å². The van der Waals surface area contributed by atoms with E-state index in [2.05, 4.69) is 6.58 Å². The monoisotopic (exact) mass is 284 g/mol. The molecular weight excluding hydrogens is 268 g/mol. The lowest BCUT2D eigenvalue weighted by Crippen LogP contribution is -2.18. The molecule has 6 nitrogen and oxygen atoms in total. The molecule has 0 aromatic carbocycles. The first-order valence-corrected chi connectivity index (χ1v) is 7.18. The van der Waals surface area contributed by atoms with Gasteiger partial charge < -0.3 is 9.64 Å². The van der Waals surface area contributed by atoms with E-state index in [1.165, 1.54) is 12.2 Å². The number of carbonyl (C=O) groups is 1. The second-order valence-electron chi connectivity index (χ2n) is 3.61. The summed E-state index contributed by atoms with van der Waals surface area (Å²) in [6.07, 6.45) is 6.26. The number of ether oxygens (including phenoxy) is 1. The Labute approximate surface area is 113 Å². The number of rotatable bonds is 7. The lowest BCUT2D eigenvalue weighted by molar-refractivity contribution is -0.137. The van der Waals surface area contributed by atoms with E-state index in [1.54, 1.807) is 24.2 Å². The lowest BCUT2D eigenvalue weighted by Gasteiger charge is -2.12. The fourth-order valence-corrected chi connectivity index (χ4v) is 1.44. The summed E-state index contributed by atoms with van der Waals surface area (Å²) in [5, 5.41) is 8.64. The molecule has 0 atom stereocenters. The maximum atomic E-state index is 11.1. The third kappa shape index (κ3) is 7.78. The van der Waals surface area contributed by atoms with Gasteiger partial charge in [-0.25, -0.2) is 13.2 Å². The molecule has 0 fully saturated rings. The van der Waals surface area contributed by atoms with Crippen LogP contribution in [0.1, 0.15) is 0 Å². The zero-order valence-electron chi connectivity index (χ0n) is 10.9. The largest absolute Gasteiger partial charge is 0.461 e. The van der Waals surface area contributed by atoms with Gasteiger partial charge in [-0.3, -0.25) is 0 Å². The van der Waals surface area contributed by atoms with Crippen molar-refractivity contribution in [2.45, 2.75) is 0 Å². The minimum atomic E-state index is -3.49. The molecule has 0 heterocycles. The van der Waals surface area contributed by atoms with Crippen molar-refractivity contribution in [3.05, 3.63) is 35.9 Å². The van der Waals surface area contributed by atoms with Gasteiger partial charge >= 0.3 is 5.97 Å². The molecule has 104 valence electrons. The van der Waals surface area contributed by atoms with Gasteiger partial charge in [0.2, 0.25) is 0 Å². The molecule has 0 saturated heterocycles. The Hall–Kier alpha value is -2.07. The molecule has 7 heteroatoms. The van der Waals surface area contributed by atoms with Crippen LogP contribution in [0.15, 0.2) is 35.9 Å². The zero-order chi connectivity index (χ0) is 14.9. The van der Waals surface area contributed by atoms with Crippen LogP contribution in [0.4, 0.5) is 0 Å². The minimum Gasteiger partial charge on any atom is -0.461 e. The molecule has 0 N–H and O–H groups in total. The van der Waals surface area contributed by atoms with Crippen molar-refractivity contribution in [2.24, 2.45) is 0 Å². The smallest absolute Gasteiger partial charge is 0.330 e. The van der Waals surface area contributed by atoms with Crippen LogP contribution in [0, 0.1) is 11.3 Å². The van der Waals surface area contributed by atoms with Gasteiger partial charge in [0.05, 0.1) is 6.54 Å². The Kier molecular flexibility index (Phi) is 7.22. The van der Waals surface area contributed by atoms with Crippen molar-refractivity contribution in [2.75, 3.05) is 26.5 Å². The first kappa shape index (κ1) is 16.9. The maximum Gasteiger partial charge on any atom is 0.330 e. The van der Waals surface area contributed by atoms with Crippen molar-refractivity contribution < 1.29 is 17.9 Å². The molecule has 0 unspecified atom stereocenters. The van der Waals surface area contributed by atoms with E-state index in [0.29, 0.717) is 6.54 Å². The molecular formula is C12H16N2O4S. The molecule has 0 aliphatic carbocycles. The maximum absolute atomic E-state index is 11.1. The van der Waals surface area contributed by atoms with Gasteiger partial charge in [0.25, 0.3) is 0 Å². The van der Waals surface area contributed by atoms with Gasteiger partial charge in [0.1, 0.15) is 17.6 Å². The van der Waals surface area contributed by atoms with Crippen LogP contribution in [0.25, 0.3) is 0 Å². The Balaban J connectivity index is 4.34. The molecule has 19 heavy (non-hydrogen) atoms. The summed E-state index contributed by atoms with van der Waals surface area (Å²) in [4.78, 5) is 12.1. The Morgan fingerprint density at radius 3 is 2.63 bits per heavy atom. The quantitative estimate of drug-likeness (QED) is 0.295. The van der Waals surface area contributed by atoms with Gasteiger partial charge in [-0.2, -0.15) is 5.26 Å². The van der Waals surface area contributed by atoms with Crippen molar-refractivity contribution in [3.63, 3.8) is 0 Å². The van der Waals surface area contributed by atoms with E-state index >= 15 is 0 Å². The highest BCUT2D eigenvalue weighted by Gasteiger charge is 2.08. The predicted molar refractivity (Wildman–Crippen MR) is 71.5 cm³/mol. The molecule has 0 spiro atoms. The number of nitrogens with zero attached hydrogens (tertiary/aromatic N) is 2. The molecule has 0 aliphatic rings. The summed E-state index contributed by atoms with van der Waals surface area (Å²) in [7, 11) is -1.77. The minimum absolute atomic E-state index is 0.187. The third-order valence-electron chi connectivity index (χ3n) is 1.95. The Morgan fingerprint density at radius 1 is 1.53 bits per heavy atom. The highest BCUT2D eigenvalue weighted by Crippen LogP contribution is 2.02. The summed E-state index contributed by atoms with van der Waals surface area (Å²) < 4.78 is 27.0. The number of likely N-dealkylation sites (N-methyl/N-ethyl adjacent to an activating group) is 1. The number of nitriles is 1. The molecule has 0 rings (SSSR count). The van der Waals surface area contributed by atoms with Gasteiger partial charge in [-0.05, 0) is 18.4 Å². The topological polar surface area (TPSA) is 87.5 Å². The lowest BCUT2D eigenvalue weighted by atomic mass is 10.5. The van der Waals surface area contributed by atoms with Crippen LogP contribution in [-0.2, 0) is 19.4 Å². The molecule has 0 saturated carbocycles. The van der Waals surface area contributed by atoms with E-state index < -0.39 is 15.8 Å². The number of esters is 1. The van der Waals surface area contributed by atoms with Crippen LogP contribution in [-0.4, -0.2) is 45.7 Å². The van der Waals surface area contributed by atoms with Gasteiger partial charge in [0, 0.05) is 19.4 Å². The van der Waals surface area contributed by atoms with E-state index in [9.17, 15) is 13.2 Å². The molecule has 0 amide bonds. The van der Waals surface area contributed by atoms with Crippen LogP contribution < -0.4 is 0 Å². The van der Waals surface area contributed by atoms with Crippen LogP contribution in [0.2, 0.25) is 0 Å². The second-order valence-corrected chi connectivity index (χ2v) is 5.59. The van der Waals surface area contributed by atoms with Crippen molar-refractivity contribution in [1.82, 2.24) is 4.90 Å². The molecule has 0 aromatic heterocycles. The van der Waals surface area contributed by atoms with Crippen LogP contribution >= 0.6 is 0 Å². The van der Waals surface area contributed by atoms with E-state index in [1.807, 2.05) is 0 Å². The average Bonchev–Trinajstić information content (AvgIpc) is 2.32. The number of hydrogen-bond donors (Lipinski definition) is 0. The predicted octanol–water partition coefficient (Wildman–Crippen LogP) is 0.613. The summed E-state index contributed by atoms with van der Waals surface area (Å²) in [5.74, 6) is -0.499. The molecule has 0 bridgehead atoms. The molecule has 0 radical (unpaired) electrons. The fraction of sp³-hybridized carbons (Fsp3) is 0.333. The van der Waals surface area contributed by atoms with E-state index in [4.69, 9.17) is 10.00 Å². The van der Waals surface area contributed by atoms with Gasteiger partial charge in [0.15, 0.2) is 9.84 Å². The van der Waals surface area contributed by atoms with Crippen LogP contribution in [0.5, 0.6) is 0 Å². The van der Waals surface area contributed by atoms with Crippen molar-refractivity contribution in [1.29, 1.82) is 5.26 Å². The highest BCUT2D eigenvalue weighted by molar-refractivity contribution is 7.94. The summed E-state index contributed by atoms with van der Waals surface area (Å²) in [5.41, 5.74) is 0. The van der Waals surface area contributed by atoms with E-state index in [0.717, 1.165) is 12.3 Å². The second kappa shape index (κ2) is 8.11. The van der Waals surface area contributed by atoms with E-state index in [-0.39, 0.29) is 11.5 Å². The summed E-state index contributed by atoms with van der Waals surface area (Å²) in [6.45, 7) is 3.88. The molecule has 0 aliphatic heterocycles. The van der Waals surface area contributed by atoms with Gasteiger partial charge in [-0.15, -0.1) is 0 Å². The fourth-order valence-electron chi connectivity index (χ4n) is 0.945. The number of carbonyl (C=O) groups excluding carboxylic acids is 1. The normalized spacial score (nSPS) is 11.9. The first-order valence-electron chi connectivity index (χ1n) is 5.29. The Morgan fingerprint density at radius 2 is 2.16 bits per heavy atom. The number of allylic oxidation sites excluding steroid dienone is 3. The van der Waals surface area contributed by atoms with Gasteiger partial charge in [-0.1, -0.05) is 6.58 Å². The first-order chi connectivity index (χ1) is 8.81. The standard InChI is InChI=1S/C12H16N2O4S/c1-4-12(15)18-9-8-14(2)7-5-6-11(10-13)19(3,16)17/h4-7H,1,8-9H2,2-3H3. The van der Waals surface area contributed by atoms with Crippen molar-refractivity contribution >= 4 is 15.8 Å². The zero-order valence-corrected chi connectivity index (χ0v) is 11.7. The molecule has 0 aromatic rings. The number of sulfone groups is 1.